The summed E-state index contributed by atoms with van der Waals surface area (Å²) in [4.78, 5) is -0.275. The van der Waals surface area contributed by atoms with Gasteiger partial charge in [-0.3, -0.25) is 4.72 Å². The molecule has 0 aliphatic heterocycles. The van der Waals surface area contributed by atoms with Crippen molar-refractivity contribution in [3.63, 3.8) is 0 Å². The summed E-state index contributed by atoms with van der Waals surface area (Å²) in [5, 5.41) is 0.146. The maximum Gasteiger partial charge on any atom is 0.417 e. The number of nitrogens with one attached hydrogen (secondary N) is 1. The number of halogens is 6. The monoisotopic (exact) mass is 461 g/mol. The number of alkyl halides is 3. The molecular formula is C14H9BrCl2F3NO2S. The van der Waals surface area contributed by atoms with Gasteiger partial charge in [0.25, 0.3) is 10.0 Å². The molecule has 2 aromatic carbocycles. The van der Waals surface area contributed by atoms with Gasteiger partial charge in [-0.25, -0.2) is 8.42 Å². The van der Waals surface area contributed by atoms with Crippen molar-refractivity contribution in [3.8, 4) is 0 Å². The minimum Gasteiger partial charge on any atom is -0.280 e. The lowest BCUT2D eigenvalue weighted by atomic mass is 10.2. The second-order valence-electron chi connectivity index (χ2n) is 4.83. The lowest BCUT2D eigenvalue weighted by Crippen LogP contribution is -2.15. The summed E-state index contributed by atoms with van der Waals surface area (Å²) in [5.41, 5.74) is -0.775. The molecule has 3 nitrogen and oxygen atoms in total. The summed E-state index contributed by atoms with van der Waals surface area (Å²) in [6, 6.07) is 5.51. The highest BCUT2D eigenvalue weighted by Gasteiger charge is 2.33. The van der Waals surface area contributed by atoms with E-state index in [1.165, 1.54) is 18.2 Å². The number of rotatable bonds is 3. The van der Waals surface area contributed by atoms with Crippen LogP contribution in [0.25, 0.3) is 0 Å². The van der Waals surface area contributed by atoms with Crippen LogP contribution < -0.4 is 4.72 Å². The van der Waals surface area contributed by atoms with Crippen molar-refractivity contribution >= 4 is 54.8 Å². The summed E-state index contributed by atoms with van der Waals surface area (Å²) < 4.78 is 65.4. The Hall–Kier alpha value is -0.960. The highest BCUT2D eigenvalue weighted by atomic mass is 79.9. The van der Waals surface area contributed by atoms with E-state index in [-0.39, 0.29) is 25.1 Å². The molecule has 0 heterocycles. The molecule has 24 heavy (non-hydrogen) atoms. The molecule has 2 aromatic rings. The van der Waals surface area contributed by atoms with Crippen LogP contribution in [0.5, 0.6) is 0 Å². The molecule has 1 N–H and O–H groups in total. The molecule has 0 amide bonds. The van der Waals surface area contributed by atoms with Crippen LogP contribution in [0.2, 0.25) is 10.0 Å². The van der Waals surface area contributed by atoms with E-state index in [9.17, 15) is 21.6 Å². The van der Waals surface area contributed by atoms with Gasteiger partial charge in [0.1, 0.15) is 4.90 Å². The maximum atomic E-state index is 12.9. The van der Waals surface area contributed by atoms with Crippen LogP contribution in [-0.2, 0) is 16.2 Å². The molecule has 0 fully saturated rings. The molecule has 0 spiro atoms. The van der Waals surface area contributed by atoms with E-state index in [4.69, 9.17) is 23.2 Å². The third-order valence-corrected chi connectivity index (χ3v) is 5.97. The maximum absolute atomic E-state index is 12.9. The number of benzene rings is 2. The highest BCUT2D eigenvalue weighted by Crippen LogP contribution is 2.37. The van der Waals surface area contributed by atoms with Gasteiger partial charge in [0, 0.05) is 15.2 Å². The van der Waals surface area contributed by atoms with E-state index in [1.54, 1.807) is 6.92 Å². The van der Waals surface area contributed by atoms with E-state index in [1.807, 2.05) is 0 Å². The minimum absolute atomic E-state index is 0.133. The number of aryl methyl sites for hydroxylation is 1. The number of hydrogen-bond donors (Lipinski definition) is 1. The number of anilines is 1. The summed E-state index contributed by atoms with van der Waals surface area (Å²) >= 11 is 14.5. The zero-order valence-corrected chi connectivity index (χ0v) is 15.8. The van der Waals surface area contributed by atoms with Crippen molar-refractivity contribution in [2.24, 2.45) is 0 Å². The van der Waals surface area contributed by atoms with Gasteiger partial charge in [0.15, 0.2) is 0 Å². The molecule has 0 saturated carbocycles. The third kappa shape index (κ3) is 4.17. The van der Waals surface area contributed by atoms with Gasteiger partial charge in [0.2, 0.25) is 0 Å². The minimum atomic E-state index is -4.63. The number of hydrogen-bond acceptors (Lipinski definition) is 2. The molecular weight excluding hydrogens is 454 g/mol. The second-order valence-corrected chi connectivity index (χ2v) is 8.15. The van der Waals surface area contributed by atoms with Crippen LogP contribution in [0.1, 0.15) is 11.1 Å². The first-order valence-corrected chi connectivity index (χ1v) is 9.30. The van der Waals surface area contributed by atoms with Crippen molar-refractivity contribution in [3.05, 3.63) is 56.0 Å². The van der Waals surface area contributed by atoms with Crippen molar-refractivity contribution in [1.82, 2.24) is 0 Å². The van der Waals surface area contributed by atoms with Gasteiger partial charge in [-0.05, 0) is 42.8 Å². The first-order chi connectivity index (χ1) is 10.9. The molecule has 0 atom stereocenters. The SMILES string of the molecule is Cc1cc(S(=O)(=O)Nc2ccc(Br)c(C(F)(F)F)c2)c(Cl)cc1Cl. The predicted octanol–water partition coefficient (Wildman–Crippen LogP) is 5.88. The Morgan fingerprint density at radius 3 is 2.29 bits per heavy atom. The van der Waals surface area contributed by atoms with Crippen molar-refractivity contribution in [2.75, 3.05) is 4.72 Å². The fourth-order valence-electron chi connectivity index (χ4n) is 1.85. The first kappa shape index (κ1) is 19.4. The molecule has 0 saturated heterocycles. The van der Waals surface area contributed by atoms with Gasteiger partial charge in [0.05, 0.1) is 10.6 Å². The van der Waals surface area contributed by atoms with E-state index in [2.05, 4.69) is 20.7 Å². The van der Waals surface area contributed by atoms with E-state index in [0.717, 1.165) is 6.07 Å². The Morgan fingerprint density at radius 2 is 1.71 bits per heavy atom. The van der Waals surface area contributed by atoms with Gasteiger partial charge in [-0.2, -0.15) is 13.2 Å². The Kier molecular flexibility index (Phi) is 5.44. The summed E-state index contributed by atoms with van der Waals surface area (Å²) in [7, 11) is -4.18. The lowest BCUT2D eigenvalue weighted by Gasteiger charge is -2.14. The summed E-state index contributed by atoms with van der Waals surface area (Å²) in [5.74, 6) is 0. The normalized spacial score (nSPS) is 12.3. The Labute approximate surface area is 154 Å². The van der Waals surface area contributed by atoms with Crippen LogP contribution in [0, 0.1) is 6.92 Å². The van der Waals surface area contributed by atoms with Crippen molar-refractivity contribution < 1.29 is 21.6 Å². The van der Waals surface area contributed by atoms with Crippen LogP contribution >= 0.6 is 39.1 Å². The van der Waals surface area contributed by atoms with Gasteiger partial charge >= 0.3 is 6.18 Å². The molecule has 0 aromatic heterocycles. The smallest absolute Gasteiger partial charge is 0.280 e. The summed E-state index contributed by atoms with van der Waals surface area (Å²) in [6.07, 6.45) is -4.63. The topological polar surface area (TPSA) is 46.2 Å². The van der Waals surface area contributed by atoms with Crippen LogP contribution in [0.3, 0.4) is 0 Å². The highest BCUT2D eigenvalue weighted by molar-refractivity contribution is 9.10. The fourth-order valence-corrected chi connectivity index (χ4v) is 4.21. The standard InChI is InChI=1S/C14H9BrCl2F3NO2S/c1-7-4-13(12(17)6-11(7)16)24(22,23)21-8-2-3-10(15)9(5-8)14(18,19)20/h2-6,21H,1H3. The molecule has 0 radical (unpaired) electrons. The van der Waals surface area contributed by atoms with Crippen molar-refractivity contribution in [2.45, 2.75) is 18.0 Å². The average molecular weight is 463 g/mol. The predicted molar refractivity (Wildman–Crippen MR) is 91.2 cm³/mol. The van der Waals surface area contributed by atoms with Gasteiger partial charge in [-0.1, -0.05) is 39.1 Å². The van der Waals surface area contributed by atoms with Crippen LogP contribution in [0.15, 0.2) is 39.7 Å². The van der Waals surface area contributed by atoms with Crippen molar-refractivity contribution in [1.29, 1.82) is 0 Å². The molecule has 0 unspecified atom stereocenters. The quantitative estimate of drug-likeness (QED) is 0.618. The zero-order chi connectivity index (χ0) is 18.3. The average Bonchev–Trinajstić information content (AvgIpc) is 2.43. The lowest BCUT2D eigenvalue weighted by molar-refractivity contribution is -0.138. The van der Waals surface area contributed by atoms with E-state index < -0.39 is 21.8 Å². The Morgan fingerprint density at radius 1 is 1.08 bits per heavy atom. The van der Waals surface area contributed by atoms with E-state index in [0.29, 0.717) is 11.6 Å². The molecule has 0 aliphatic carbocycles. The zero-order valence-electron chi connectivity index (χ0n) is 11.9. The third-order valence-electron chi connectivity index (χ3n) is 3.03. The fraction of sp³-hybridized carbons (Fsp3) is 0.143. The van der Waals surface area contributed by atoms with Gasteiger partial charge < -0.3 is 0 Å². The molecule has 130 valence electrons. The largest absolute Gasteiger partial charge is 0.417 e. The van der Waals surface area contributed by atoms with Gasteiger partial charge in [-0.15, -0.1) is 0 Å². The molecule has 0 aliphatic rings. The van der Waals surface area contributed by atoms with Crippen LogP contribution in [0.4, 0.5) is 18.9 Å². The van der Waals surface area contributed by atoms with Crippen LogP contribution in [-0.4, -0.2) is 8.42 Å². The number of sulfonamides is 1. The molecule has 10 heteroatoms. The molecule has 0 bridgehead atoms. The Bertz CT molecular complexity index is 902. The first-order valence-electron chi connectivity index (χ1n) is 6.27. The summed E-state index contributed by atoms with van der Waals surface area (Å²) in [6.45, 7) is 1.58. The van der Waals surface area contributed by atoms with E-state index >= 15 is 0 Å². The Balaban J connectivity index is 2.46. The molecule has 2 rings (SSSR count). The second kappa shape index (κ2) is 6.74.